The van der Waals surface area contributed by atoms with E-state index in [1.165, 1.54) is 16.2 Å². The van der Waals surface area contributed by atoms with Gasteiger partial charge in [0.15, 0.2) is 5.13 Å². The number of aliphatic hydroxyl groups is 1. The van der Waals surface area contributed by atoms with Gasteiger partial charge in [0.25, 0.3) is 5.78 Å². The van der Waals surface area contributed by atoms with Gasteiger partial charge in [0.1, 0.15) is 5.76 Å². The average Bonchev–Trinajstić information content (AvgIpc) is 3.30. The highest BCUT2D eigenvalue weighted by Gasteiger charge is 2.47. The van der Waals surface area contributed by atoms with Gasteiger partial charge in [-0.2, -0.15) is 0 Å². The van der Waals surface area contributed by atoms with Gasteiger partial charge in [-0.25, -0.2) is 4.98 Å². The van der Waals surface area contributed by atoms with Gasteiger partial charge < -0.3 is 5.11 Å². The number of aliphatic hydroxyl groups excluding tert-OH is 1. The van der Waals surface area contributed by atoms with Gasteiger partial charge in [0.05, 0.1) is 11.6 Å². The quantitative estimate of drug-likeness (QED) is 0.409. The molecule has 3 aromatic rings. The summed E-state index contributed by atoms with van der Waals surface area (Å²) >= 11 is 1.28. The maximum atomic E-state index is 12.9. The fraction of sp³-hybridized carbons (Fsp3) is 0.136. The minimum Gasteiger partial charge on any atom is -0.507 e. The van der Waals surface area contributed by atoms with Crippen LogP contribution in [0.4, 0.5) is 5.13 Å². The number of aryl methyl sites for hydroxylation is 2. The van der Waals surface area contributed by atoms with Crippen LogP contribution in [0.15, 0.2) is 65.7 Å². The summed E-state index contributed by atoms with van der Waals surface area (Å²) in [7, 11) is 0. The number of thiazole rings is 1. The highest BCUT2D eigenvalue weighted by atomic mass is 32.1. The number of rotatable bonds is 3. The van der Waals surface area contributed by atoms with Crippen LogP contribution in [0, 0.1) is 13.8 Å². The summed E-state index contributed by atoms with van der Waals surface area (Å²) in [6, 6.07) is 14.0. The lowest BCUT2D eigenvalue weighted by Gasteiger charge is -2.23. The number of Topliss-reactive ketones (excluding diaryl/α,β-unsaturated/α-hetero) is 1. The lowest BCUT2D eigenvalue weighted by molar-refractivity contribution is -0.132. The molecule has 0 aliphatic carbocycles. The van der Waals surface area contributed by atoms with Gasteiger partial charge in [-0.3, -0.25) is 14.5 Å². The molecule has 1 aromatic heterocycles. The second-order valence-electron chi connectivity index (χ2n) is 6.76. The SMILES string of the molecule is Cc1ccc(/C(O)=C2\C(=O)C(=O)N(c3nccs3)[C@H]2c2ccc(C)cc2)cc1. The van der Waals surface area contributed by atoms with E-state index in [4.69, 9.17) is 0 Å². The molecule has 0 radical (unpaired) electrons. The van der Waals surface area contributed by atoms with Crippen molar-refractivity contribution in [1.82, 2.24) is 4.98 Å². The number of hydrogen-bond acceptors (Lipinski definition) is 5. The van der Waals surface area contributed by atoms with Crippen LogP contribution in [-0.2, 0) is 9.59 Å². The number of carbonyl (C=O) groups excluding carboxylic acids is 2. The molecule has 6 heteroatoms. The van der Waals surface area contributed by atoms with Gasteiger partial charge in [-0.15, -0.1) is 11.3 Å². The number of carbonyl (C=O) groups is 2. The standard InChI is InChI=1S/C22H18N2O3S/c1-13-3-7-15(8-4-13)18-17(19(25)16-9-5-14(2)6-10-16)20(26)21(27)24(18)22-23-11-12-28-22/h3-12,18,25H,1-2H3/b19-17+/t18-/m0/s1. The third-order valence-corrected chi connectivity index (χ3v) is 5.56. The molecule has 1 saturated heterocycles. The number of nitrogens with zero attached hydrogens (tertiary/aromatic N) is 2. The molecule has 2 aromatic carbocycles. The number of anilines is 1. The molecule has 0 saturated carbocycles. The molecular formula is C22H18N2O3S. The molecule has 1 aliphatic rings. The average molecular weight is 390 g/mol. The van der Waals surface area contributed by atoms with E-state index < -0.39 is 17.7 Å². The van der Waals surface area contributed by atoms with E-state index in [2.05, 4.69) is 4.98 Å². The number of aromatic nitrogens is 1. The van der Waals surface area contributed by atoms with Crippen LogP contribution in [0.1, 0.15) is 28.3 Å². The van der Waals surface area contributed by atoms with E-state index >= 15 is 0 Å². The predicted molar refractivity (Wildman–Crippen MR) is 109 cm³/mol. The lowest BCUT2D eigenvalue weighted by atomic mass is 9.94. The zero-order chi connectivity index (χ0) is 19.8. The largest absolute Gasteiger partial charge is 0.507 e. The second-order valence-corrected chi connectivity index (χ2v) is 7.63. The summed E-state index contributed by atoms with van der Waals surface area (Å²) < 4.78 is 0. The molecule has 2 heterocycles. The van der Waals surface area contributed by atoms with Crippen molar-refractivity contribution in [2.24, 2.45) is 0 Å². The maximum absolute atomic E-state index is 12.9. The molecule has 5 nitrogen and oxygen atoms in total. The monoisotopic (exact) mass is 390 g/mol. The number of benzene rings is 2. The smallest absolute Gasteiger partial charge is 0.301 e. The van der Waals surface area contributed by atoms with Crippen molar-refractivity contribution in [3.8, 4) is 0 Å². The van der Waals surface area contributed by atoms with Crippen LogP contribution in [0.25, 0.3) is 5.76 Å². The van der Waals surface area contributed by atoms with Crippen LogP contribution in [-0.4, -0.2) is 21.8 Å². The molecule has 1 aliphatic heterocycles. The summed E-state index contributed by atoms with van der Waals surface area (Å²) in [5.41, 5.74) is 3.42. The molecule has 1 atom stereocenters. The van der Waals surface area contributed by atoms with Crippen molar-refractivity contribution >= 4 is 33.9 Å². The zero-order valence-corrected chi connectivity index (χ0v) is 16.2. The van der Waals surface area contributed by atoms with Crippen molar-refractivity contribution in [3.05, 3.63) is 87.9 Å². The Balaban J connectivity index is 1.93. The first-order valence-electron chi connectivity index (χ1n) is 8.81. The normalized spacial score (nSPS) is 18.6. The molecule has 1 N–H and O–H groups in total. The molecule has 140 valence electrons. The van der Waals surface area contributed by atoms with Crippen molar-refractivity contribution in [3.63, 3.8) is 0 Å². The molecule has 28 heavy (non-hydrogen) atoms. The third kappa shape index (κ3) is 3.01. The molecule has 0 bridgehead atoms. The van der Waals surface area contributed by atoms with Gasteiger partial charge in [0.2, 0.25) is 0 Å². The van der Waals surface area contributed by atoms with Gasteiger partial charge in [-0.1, -0.05) is 59.7 Å². The Morgan fingerprint density at radius 2 is 1.61 bits per heavy atom. The van der Waals surface area contributed by atoms with Crippen molar-refractivity contribution in [1.29, 1.82) is 0 Å². The van der Waals surface area contributed by atoms with E-state index in [9.17, 15) is 14.7 Å². The number of amides is 1. The van der Waals surface area contributed by atoms with Crippen molar-refractivity contribution < 1.29 is 14.7 Å². The Morgan fingerprint density at radius 1 is 1.00 bits per heavy atom. The summed E-state index contributed by atoms with van der Waals surface area (Å²) in [5.74, 6) is -1.57. The second kappa shape index (κ2) is 7.05. The molecule has 1 fully saturated rings. The lowest BCUT2D eigenvalue weighted by Crippen LogP contribution is -2.29. The van der Waals surface area contributed by atoms with E-state index in [-0.39, 0.29) is 11.3 Å². The van der Waals surface area contributed by atoms with Crippen LogP contribution in [0.2, 0.25) is 0 Å². The van der Waals surface area contributed by atoms with E-state index in [0.29, 0.717) is 10.7 Å². The fourth-order valence-corrected chi connectivity index (χ4v) is 3.96. The minimum absolute atomic E-state index is 0.0768. The topological polar surface area (TPSA) is 70.5 Å². The maximum Gasteiger partial charge on any atom is 0.301 e. The third-order valence-electron chi connectivity index (χ3n) is 4.79. The predicted octanol–water partition coefficient (Wildman–Crippen LogP) is 4.39. The Kier molecular flexibility index (Phi) is 4.57. The first-order valence-corrected chi connectivity index (χ1v) is 9.69. The summed E-state index contributed by atoms with van der Waals surface area (Å²) in [6.07, 6.45) is 1.59. The Labute approximate surface area is 166 Å². The van der Waals surface area contributed by atoms with Gasteiger partial charge in [0, 0.05) is 17.1 Å². The summed E-state index contributed by atoms with van der Waals surface area (Å²) in [6.45, 7) is 3.91. The zero-order valence-electron chi connectivity index (χ0n) is 15.4. The highest BCUT2D eigenvalue weighted by molar-refractivity contribution is 7.14. The molecule has 1 amide bonds. The van der Waals surface area contributed by atoms with Crippen LogP contribution < -0.4 is 4.90 Å². The molecule has 4 rings (SSSR count). The fourth-order valence-electron chi connectivity index (χ4n) is 3.30. The van der Waals surface area contributed by atoms with Crippen molar-refractivity contribution in [2.75, 3.05) is 4.90 Å². The van der Waals surface area contributed by atoms with Gasteiger partial charge >= 0.3 is 5.91 Å². The number of ketones is 1. The number of hydrogen-bond donors (Lipinski definition) is 1. The van der Waals surface area contributed by atoms with Crippen LogP contribution in [0.3, 0.4) is 0 Å². The first kappa shape index (κ1) is 18.1. The Morgan fingerprint density at radius 3 is 2.18 bits per heavy atom. The Bertz CT molecular complexity index is 1070. The van der Waals surface area contributed by atoms with E-state index in [0.717, 1.165) is 16.7 Å². The minimum atomic E-state index is -0.729. The summed E-state index contributed by atoms with van der Waals surface area (Å²) in [5, 5.41) is 13.1. The van der Waals surface area contributed by atoms with Crippen molar-refractivity contribution in [2.45, 2.75) is 19.9 Å². The van der Waals surface area contributed by atoms with Gasteiger partial charge in [-0.05, 0) is 19.4 Å². The van der Waals surface area contributed by atoms with Crippen LogP contribution >= 0.6 is 11.3 Å². The highest BCUT2D eigenvalue weighted by Crippen LogP contribution is 2.42. The van der Waals surface area contributed by atoms with E-state index in [1.807, 2.05) is 50.2 Å². The molecule has 0 spiro atoms. The molecule has 0 unspecified atom stereocenters. The van der Waals surface area contributed by atoms with E-state index in [1.54, 1.807) is 23.7 Å². The first-order chi connectivity index (χ1) is 13.5. The summed E-state index contributed by atoms with van der Waals surface area (Å²) in [4.78, 5) is 31.4. The Hall–Kier alpha value is -3.25. The van der Waals surface area contributed by atoms with Crippen LogP contribution in [0.5, 0.6) is 0 Å². The molecular weight excluding hydrogens is 372 g/mol.